The zero-order valence-electron chi connectivity index (χ0n) is 22.3. The molecule has 1 amide bonds. The first-order valence-corrected chi connectivity index (χ1v) is 13.6. The Labute approximate surface area is 242 Å². The fourth-order valence-corrected chi connectivity index (χ4v) is 6.03. The fourth-order valence-electron chi connectivity index (χ4n) is 5.70. The average Bonchev–Trinajstić information content (AvgIpc) is 3.20. The third-order valence-corrected chi connectivity index (χ3v) is 7.83. The summed E-state index contributed by atoms with van der Waals surface area (Å²) in [6.07, 6.45) is -4.01. The van der Waals surface area contributed by atoms with Gasteiger partial charge in [-0.3, -0.25) is 4.79 Å². The average molecular weight is 589 g/mol. The predicted octanol–water partition coefficient (Wildman–Crippen LogP) is 7.65. The van der Waals surface area contributed by atoms with E-state index in [0.717, 1.165) is 6.07 Å². The number of amides is 1. The molecular weight excluding hydrogens is 558 g/mol. The number of hydrogen-bond donors (Lipinski definition) is 2. The summed E-state index contributed by atoms with van der Waals surface area (Å²) < 4.78 is 40.8. The van der Waals surface area contributed by atoms with Crippen LogP contribution in [0.25, 0.3) is 0 Å². The summed E-state index contributed by atoms with van der Waals surface area (Å²) >= 11 is 12.6. The molecule has 0 aromatic heterocycles. The van der Waals surface area contributed by atoms with E-state index in [1.54, 1.807) is 42.5 Å². The van der Waals surface area contributed by atoms with Gasteiger partial charge >= 0.3 is 6.18 Å². The largest absolute Gasteiger partial charge is 0.416 e. The van der Waals surface area contributed by atoms with Gasteiger partial charge in [-0.25, -0.2) is 0 Å². The van der Waals surface area contributed by atoms with E-state index >= 15 is 0 Å². The molecule has 210 valence electrons. The molecule has 1 aliphatic heterocycles. The molecule has 1 heterocycles. The number of benzene rings is 3. The molecule has 0 saturated carbocycles. The maximum Gasteiger partial charge on any atom is 0.416 e. The Kier molecular flexibility index (Phi) is 8.56. The van der Waals surface area contributed by atoms with Gasteiger partial charge in [0.05, 0.1) is 17.7 Å². The van der Waals surface area contributed by atoms with Crippen LogP contribution in [0, 0.1) is 16.7 Å². The van der Waals surface area contributed by atoms with E-state index in [1.165, 1.54) is 18.2 Å². The highest BCUT2D eigenvalue weighted by Crippen LogP contribution is 2.51. The molecule has 40 heavy (non-hydrogen) atoms. The standard InChI is InChI=1S/C31H30Cl2F3N3O/c1-29(2,3)16-25-30(18-37,21-11-13-22(32)14-12-21)26(19-8-6-9-23(33)15-19)27(39-25)28(40)38-17-20-7-4-5-10-24(20)31(34,35)36/h4-15,25-27,39H,16-17H2,1-3H3,(H,38,40)/t25-,26?,27?,30?/m0/s1. The van der Waals surface area contributed by atoms with Gasteiger partial charge in [0, 0.05) is 28.5 Å². The Balaban J connectivity index is 1.81. The van der Waals surface area contributed by atoms with Gasteiger partial charge < -0.3 is 10.6 Å². The number of nitrogens with zero attached hydrogens (tertiary/aromatic N) is 1. The number of carbonyl (C=O) groups is 1. The van der Waals surface area contributed by atoms with E-state index in [4.69, 9.17) is 23.2 Å². The molecule has 0 spiro atoms. The van der Waals surface area contributed by atoms with Crippen molar-refractivity contribution in [2.75, 3.05) is 0 Å². The molecule has 4 rings (SSSR count). The lowest BCUT2D eigenvalue weighted by molar-refractivity contribution is -0.138. The molecule has 3 unspecified atom stereocenters. The summed E-state index contributed by atoms with van der Waals surface area (Å²) in [6.45, 7) is 5.83. The molecule has 2 N–H and O–H groups in total. The number of rotatable bonds is 6. The van der Waals surface area contributed by atoms with Gasteiger partial charge in [-0.05, 0) is 58.9 Å². The minimum atomic E-state index is -4.56. The highest BCUT2D eigenvalue weighted by molar-refractivity contribution is 6.30. The number of halogens is 5. The molecule has 3 aromatic rings. The molecule has 0 aliphatic carbocycles. The SMILES string of the molecule is CC(C)(C)C[C@@H]1NC(C(=O)NCc2ccccc2C(F)(F)F)C(c2cccc(Cl)c2)C1(C#N)c1ccc(Cl)cc1. The Morgan fingerprint density at radius 1 is 1.00 bits per heavy atom. The Hall–Kier alpha value is -3.05. The highest BCUT2D eigenvalue weighted by atomic mass is 35.5. The third kappa shape index (κ3) is 6.15. The van der Waals surface area contributed by atoms with Crippen molar-refractivity contribution in [3.63, 3.8) is 0 Å². The van der Waals surface area contributed by atoms with E-state index in [0.29, 0.717) is 27.6 Å². The Morgan fingerprint density at radius 2 is 1.68 bits per heavy atom. The maximum atomic E-state index is 13.8. The highest BCUT2D eigenvalue weighted by Gasteiger charge is 2.59. The lowest BCUT2D eigenvalue weighted by atomic mass is 9.63. The summed E-state index contributed by atoms with van der Waals surface area (Å²) in [5.41, 5.74) is -0.931. The molecule has 1 aliphatic rings. The summed E-state index contributed by atoms with van der Waals surface area (Å²) in [5, 5.41) is 18.0. The van der Waals surface area contributed by atoms with Crippen LogP contribution in [0.2, 0.25) is 10.0 Å². The van der Waals surface area contributed by atoms with Crippen LogP contribution in [0.15, 0.2) is 72.8 Å². The lowest BCUT2D eigenvalue weighted by Crippen LogP contribution is -2.45. The molecular formula is C31H30Cl2F3N3O. The zero-order chi connectivity index (χ0) is 29.3. The second-order valence-corrected chi connectivity index (χ2v) is 12.2. The lowest BCUT2D eigenvalue weighted by Gasteiger charge is -2.37. The first-order valence-electron chi connectivity index (χ1n) is 12.9. The molecule has 9 heteroatoms. The second-order valence-electron chi connectivity index (χ2n) is 11.4. The van der Waals surface area contributed by atoms with Crippen molar-refractivity contribution in [3.8, 4) is 6.07 Å². The maximum absolute atomic E-state index is 13.8. The summed E-state index contributed by atoms with van der Waals surface area (Å²) in [6, 6.07) is 20.3. The Morgan fingerprint density at radius 3 is 2.27 bits per heavy atom. The van der Waals surface area contributed by atoms with E-state index < -0.39 is 41.1 Å². The molecule has 4 nitrogen and oxygen atoms in total. The minimum Gasteiger partial charge on any atom is -0.351 e. The van der Waals surface area contributed by atoms with Crippen LogP contribution in [-0.4, -0.2) is 18.0 Å². The van der Waals surface area contributed by atoms with E-state index in [2.05, 4.69) is 37.5 Å². The van der Waals surface area contributed by atoms with Crippen molar-refractivity contribution in [2.45, 2.75) is 63.3 Å². The zero-order valence-corrected chi connectivity index (χ0v) is 23.8. The van der Waals surface area contributed by atoms with Crippen LogP contribution in [0.1, 0.15) is 55.4 Å². The van der Waals surface area contributed by atoms with E-state index in [-0.39, 0.29) is 17.5 Å². The van der Waals surface area contributed by atoms with Crippen molar-refractivity contribution >= 4 is 29.1 Å². The van der Waals surface area contributed by atoms with Gasteiger partial charge in [0.25, 0.3) is 0 Å². The summed E-state index contributed by atoms with van der Waals surface area (Å²) in [4.78, 5) is 13.8. The topological polar surface area (TPSA) is 64.9 Å². The minimum absolute atomic E-state index is 0.0452. The smallest absolute Gasteiger partial charge is 0.351 e. The molecule has 4 atom stereocenters. The van der Waals surface area contributed by atoms with Crippen LogP contribution in [-0.2, 0) is 22.9 Å². The van der Waals surface area contributed by atoms with E-state index in [9.17, 15) is 23.2 Å². The number of carbonyl (C=O) groups excluding carboxylic acids is 1. The van der Waals surface area contributed by atoms with Crippen molar-refractivity contribution in [2.24, 2.45) is 5.41 Å². The molecule has 0 radical (unpaired) electrons. The van der Waals surface area contributed by atoms with Gasteiger partial charge in [-0.1, -0.05) is 86.4 Å². The van der Waals surface area contributed by atoms with Crippen molar-refractivity contribution < 1.29 is 18.0 Å². The van der Waals surface area contributed by atoms with Crippen LogP contribution in [0.5, 0.6) is 0 Å². The van der Waals surface area contributed by atoms with Gasteiger partial charge in [-0.15, -0.1) is 0 Å². The van der Waals surface area contributed by atoms with Crippen LogP contribution >= 0.6 is 23.2 Å². The third-order valence-electron chi connectivity index (χ3n) is 7.34. The van der Waals surface area contributed by atoms with Crippen molar-refractivity contribution in [1.29, 1.82) is 5.26 Å². The number of hydrogen-bond acceptors (Lipinski definition) is 3. The molecule has 3 aromatic carbocycles. The first kappa shape index (κ1) is 29.9. The van der Waals surface area contributed by atoms with E-state index in [1.807, 2.05) is 6.07 Å². The monoisotopic (exact) mass is 587 g/mol. The van der Waals surface area contributed by atoms with Crippen LogP contribution in [0.3, 0.4) is 0 Å². The molecule has 1 fully saturated rings. The van der Waals surface area contributed by atoms with Crippen molar-refractivity contribution in [1.82, 2.24) is 10.6 Å². The fraction of sp³-hybridized carbons (Fsp3) is 0.355. The van der Waals surface area contributed by atoms with Gasteiger partial charge in [0.1, 0.15) is 5.41 Å². The van der Waals surface area contributed by atoms with Crippen molar-refractivity contribution in [3.05, 3.63) is 105 Å². The number of alkyl halides is 3. The predicted molar refractivity (Wildman–Crippen MR) is 151 cm³/mol. The summed E-state index contributed by atoms with van der Waals surface area (Å²) in [5.74, 6) is -1.21. The first-order chi connectivity index (χ1) is 18.8. The second kappa shape index (κ2) is 11.4. The van der Waals surface area contributed by atoms with Crippen LogP contribution in [0.4, 0.5) is 13.2 Å². The van der Waals surface area contributed by atoms with Gasteiger partial charge in [0.15, 0.2) is 0 Å². The quantitative estimate of drug-likeness (QED) is 0.311. The number of nitriles is 1. The van der Waals surface area contributed by atoms with Gasteiger partial charge in [-0.2, -0.15) is 18.4 Å². The normalized spacial score (nSPS) is 23.0. The van der Waals surface area contributed by atoms with Crippen LogP contribution < -0.4 is 10.6 Å². The molecule has 0 bridgehead atoms. The summed E-state index contributed by atoms with van der Waals surface area (Å²) in [7, 11) is 0. The van der Waals surface area contributed by atoms with Gasteiger partial charge in [0.2, 0.25) is 5.91 Å². The Bertz CT molecular complexity index is 1410. The number of nitrogens with one attached hydrogen (secondary N) is 2. The molecule has 1 saturated heterocycles.